The maximum Gasteiger partial charge on any atom is 0.264 e. The minimum atomic E-state index is -3.62. The van der Waals surface area contributed by atoms with Crippen LogP contribution in [0.3, 0.4) is 0 Å². The lowest BCUT2D eigenvalue weighted by Crippen LogP contribution is -2.48. The van der Waals surface area contributed by atoms with E-state index in [1.165, 1.54) is 0 Å². The van der Waals surface area contributed by atoms with Gasteiger partial charge in [0.1, 0.15) is 0 Å². The first-order valence-corrected chi connectivity index (χ1v) is 10.1. The van der Waals surface area contributed by atoms with Gasteiger partial charge < -0.3 is 4.90 Å². The van der Waals surface area contributed by atoms with E-state index >= 15 is 0 Å². The Hall–Kier alpha value is -1.53. The van der Waals surface area contributed by atoms with Gasteiger partial charge in [-0.05, 0) is 56.2 Å². The topological polar surface area (TPSA) is 40.6 Å². The van der Waals surface area contributed by atoms with E-state index in [9.17, 15) is 8.42 Å². The molecule has 2 aromatic rings. The van der Waals surface area contributed by atoms with E-state index in [-0.39, 0.29) is 6.04 Å². The molecule has 1 unspecified atom stereocenters. The largest absolute Gasteiger partial charge is 0.368 e. The van der Waals surface area contributed by atoms with Crippen molar-refractivity contribution in [1.82, 2.24) is 0 Å². The lowest BCUT2D eigenvalue weighted by Gasteiger charge is -2.41. The van der Waals surface area contributed by atoms with Crippen molar-refractivity contribution < 1.29 is 8.42 Å². The van der Waals surface area contributed by atoms with Gasteiger partial charge in [0.2, 0.25) is 0 Å². The molecular weight excluding hydrogens is 388 g/mol. The van der Waals surface area contributed by atoms with E-state index in [4.69, 9.17) is 0 Å². The quantitative estimate of drug-likeness (QED) is 0.750. The molecule has 0 fully saturated rings. The van der Waals surface area contributed by atoms with Gasteiger partial charge in [0.05, 0.1) is 22.8 Å². The molecule has 3 rings (SSSR count). The van der Waals surface area contributed by atoms with Crippen molar-refractivity contribution in [2.45, 2.75) is 31.7 Å². The number of likely N-dealkylation sites (N-methyl/N-ethyl adjacent to an activating group) is 1. The molecule has 1 atom stereocenters. The second-order valence-corrected chi connectivity index (χ2v) is 9.09. The number of hydrogen-bond acceptors (Lipinski definition) is 3. The number of rotatable bonds is 2. The van der Waals surface area contributed by atoms with Gasteiger partial charge in [-0.1, -0.05) is 28.1 Å². The van der Waals surface area contributed by atoms with Gasteiger partial charge >= 0.3 is 0 Å². The van der Waals surface area contributed by atoms with E-state index < -0.39 is 10.0 Å². The first-order chi connectivity index (χ1) is 11.2. The van der Waals surface area contributed by atoms with Crippen molar-refractivity contribution in [3.8, 4) is 0 Å². The van der Waals surface area contributed by atoms with Crippen LogP contribution in [0.15, 0.2) is 45.8 Å². The molecule has 1 aliphatic heterocycles. The fourth-order valence-corrected chi connectivity index (χ4v) is 5.49. The van der Waals surface area contributed by atoms with Gasteiger partial charge in [0.25, 0.3) is 10.0 Å². The van der Waals surface area contributed by atoms with E-state index in [0.29, 0.717) is 11.4 Å². The summed E-state index contributed by atoms with van der Waals surface area (Å²) in [6.45, 7) is 6.27. The molecule has 0 aromatic heterocycles. The smallest absolute Gasteiger partial charge is 0.264 e. The first kappa shape index (κ1) is 17.3. The van der Waals surface area contributed by atoms with E-state index in [2.05, 4.69) is 20.8 Å². The van der Waals surface area contributed by atoms with Crippen LogP contribution in [0.25, 0.3) is 0 Å². The average Bonchev–Trinajstić information content (AvgIpc) is 2.50. The Kier molecular flexibility index (Phi) is 4.38. The first-order valence-electron chi connectivity index (χ1n) is 7.85. The normalized spacial score (nSPS) is 17.8. The number of benzene rings is 2. The van der Waals surface area contributed by atoms with E-state index in [0.717, 1.165) is 27.0 Å². The molecule has 1 heterocycles. The molecule has 0 spiro atoms. The van der Waals surface area contributed by atoms with Crippen LogP contribution < -0.4 is 9.21 Å². The second kappa shape index (κ2) is 6.08. The van der Waals surface area contributed by atoms with Crippen molar-refractivity contribution >= 4 is 37.3 Å². The van der Waals surface area contributed by atoms with Gasteiger partial charge in [-0.2, -0.15) is 0 Å². The number of nitrogens with zero attached hydrogens (tertiary/aromatic N) is 2. The molecule has 1 aliphatic rings. The molecule has 0 saturated heterocycles. The third kappa shape index (κ3) is 2.71. The summed E-state index contributed by atoms with van der Waals surface area (Å²) >= 11 is 3.40. The van der Waals surface area contributed by atoms with Crippen molar-refractivity contribution in [2.24, 2.45) is 0 Å². The fraction of sp³-hybridized carbons (Fsp3) is 0.333. The molecule has 6 heteroatoms. The summed E-state index contributed by atoms with van der Waals surface area (Å²) in [4.78, 5) is 2.50. The highest BCUT2D eigenvalue weighted by Crippen LogP contribution is 2.40. The Labute approximate surface area is 152 Å². The van der Waals surface area contributed by atoms with Crippen LogP contribution >= 0.6 is 15.9 Å². The van der Waals surface area contributed by atoms with Crippen LogP contribution in [0.1, 0.15) is 18.1 Å². The molecule has 4 nitrogen and oxygen atoms in total. The molecule has 2 aromatic carbocycles. The fourth-order valence-electron chi connectivity index (χ4n) is 3.18. The molecule has 0 saturated carbocycles. The van der Waals surface area contributed by atoms with Crippen LogP contribution in [0.4, 0.5) is 11.4 Å². The van der Waals surface area contributed by atoms with Crippen LogP contribution in [-0.2, 0) is 10.0 Å². The number of fused-ring (bicyclic) bond motifs is 1. The Morgan fingerprint density at radius 3 is 2.50 bits per heavy atom. The molecule has 0 N–H and O–H groups in total. The van der Waals surface area contributed by atoms with Crippen LogP contribution in [0, 0.1) is 13.8 Å². The second-order valence-electron chi connectivity index (χ2n) is 6.35. The number of hydrogen-bond donors (Lipinski definition) is 0. The maximum atomic E-state index is 13.4. The van der Waals surface area contributed by atoms with Gasteiger partial charge in [0, 0.05) is 17.6 Å². The zero-order chi connectivity index (χ0) is 17.6. The molecule has 0 bridgehead atoms. The number of aryl methyl sites for hydroxylation is 2. The SMILES string of the molecule is Cc1cc(Br)ccc1S(=O)(=O)N1CC(C)N(C)c2cccc(C)c21. The molecule has 0 radical (unpaired) electrons. The highest BCUT2D eigenvalue weighted by Gasteiger charge is 2.35. The van der Waals surface area contributed by atoms with E-state index in [1.54, 1.807) is 16.4 Å². The highest BCUT2D eigenvalue weighted by atomic mass is 79.9. The Morgan fingerprint density at radius 1 is 1.12 bits per heavy atom. The molecular formula is C18H21BrN2O2S. The van der Waals surface area contributed by atoms with Crippen molar-refractivity contribution in [1.29, 1.82) is 0 Å². The monoisotopic (exact) mass is 408 g/mol. The number of halogens is 1. The molecule has 24 heavy (non-hydrogen) atoms. The average molecular weight is 409 g/mol. The van der Waals surface area contributed by atoms with Gasteiger partial charge in [-0.3, -0.25) is 4.31 Å². The Bertz CT molecular complexity index is 896. The summed E-state index contributed by atoms with van der Waals surface area (Å²) in [6, 6.07) is 11.3. The minimum Gasteiger partial charge on any atom is -0.368 e. The van der Waals surface area contributed by atoms with Crippen molar-refractivity contribution in [2.75, 3.05) is 22.8 Å². The highest BCUT2D eigenvalue weighted by molar-refractivity contribution is 9.10. The van der Waals surface area contributed by atoms with Crippen LogP contribution in [0.5, 0.6) is 0 Å². The van der Waals surface area contributed by atoms with Crippen molar-refractivity contribution in [3.63, 3.8) is 0 Å². The summed E-state index contributed by atoms with van der Waals surface area (Å²) in [6.07, 6.45) is 0. The van der Waals surface area contributed by atoms with E-state index in [1.807, 2.05) is 52.1 Å². The van der Waals surface area contributed by atoms with Crippen LogP contribution in [0.2, 0.25) is 0 Å². The lowest BCUT2D eigenvalue weighted by atomic mass is 10.1. The van der Waals surface area contributed by atoms with Gasteiger partial charge in [-0.15, -0.1) is 0 Å². The number of anilines is 2. The maximum absolute atomic E-state index is 13.4. The zero-order valence-corrected chi connectivity index (χ0v) is 16.6. The third-order valence-electron chi connectivity index (χ3n) is 4.64. The Morgan fingerprint density at radius 2 is 1.83 bits per heavy atom. The van der Waals surface area contributed by atoms with Gasteiger partial charge in [-0.25, -0.2) is 8.42 Å². The minimum absolute atomic E-state index is 0.102. The third-order valence-corrected chi connectivity index (χ3v) is 7.06. The zero-order valence-electron chi connectivity index (χ0n) is 14.2. The van der Waals surface area contributed by atoms with Crippen LogP contribution in [-0.4, -0.2) is 28.1 Å². The number of para-hydroxylation sites is 1. The van der Waals surface area contributed by atoms with Gasteiger partial charge in [0.15, 0.2) is 0 Å². The summed E-state index contributed by atoms with van der Waals surface area (Å²) in [5.41, 5.74) is 3.43. The predicted octanol–water partition coefficient (Wildman–Crippen LogP) is 4.10. The Balaban J connectivity index is 2.21. The summed E-state index contributed by atoms with van der Waals surface area (Å²) in [7, 11) is -1.60. The lowest BCUT2D eigenvalue weighted by molar-refractivity contribution is 0.578. The molecule has 0 aliphatic carbocycles. The molecule has 0 amide bonds. The summed E-state index contributed by atoms with van der Waals surface area (Å²) in [5, 5.41) is 0. The number of sulfonamides is 1. The summed E-state index contributed by atoms with van der Waals surface area (Å²) in [5.74, 6) is 0. The predicted molar refractivity (Wildman–Crippen MR) is 102 cm³/mol. The summed E-state index contributed by atoms with van der Waals surface area (Å²) < 4.78 is 29.2. The van der Waals surface area contributed by atoms with Crippen molar-refractivity contribution in [3.05, 3.63) is 52.0 Å². The molecule has 128 valence electrons. The standard InChI is InChI=1S/C18H21BrN2O2S/c1-12-6-5-7-16-18(12)21(11-14(3)20(16)4)24(22,23)17-9-8-15(19)10-13(17)2/h5-10,14H,11H2,1-4H3.